The van der Waals surface area contributed by atoms with Gasteiger partial charge in [-0.25, -0.2) is 9.78 Å². The average molecular weight is 334 g/mol. The van der Waals surface area contributed by atoms with Crippen LogP contribution in [0.5, 0.6) is 0 Å². The molecule has 3 rings (SSSR count). The molecule has 25 heavy (non-hydrogen) atoms. The van der Waals surface area contributed by atoms with Crippen LogP contribution in [0, 0.1) is 0 Å². The highest BCUT2D eigenvalue weighted by Crippen LogP contribution is 2.12. The van der Waals surface area contributed by atoms with Crippen molar-refractivity contribution in [2.75, 3.05) is 7.11 Å². The van der Waals surface area contributed by atoms with E-state index in [0.717, 1.165) is 16.7 Å². The molecule has 0 fully saturated rings. The molecule has 0 unspecified atom stereocenters. The Morgan fingerprint density at radius 3 is 2.52 bits per heavy atom. The highest BCUT2D eigenvalue weighted by molar-refractivity contribution is 5.87. The van der Waals surface area contributed by atoms with E-state index in [4.69, 9.17) is 4.74 Å². The van der Waals surface area contributed by atoms with Gasteiger partial charge >= 0.3 is 5.97 Å². The van der Waals surface area contributed by atoms with Gasteiger partial charge in [0.2, 0.25) is 0 Å². The number of carbonyl (C=O) groups is 1. The summed E-state index contributed by atoms with van der Waals surface area (Å²) in [7, 11) is 1.34. The Hall–Kier alpha value is -3.21. The number of nitrogens with zero attached hydrogens (tertiary/aromatic N) is 2. The third-order valence-electron chi connectivity index (χ3n) is 3.90. The quantitative estimate of drug-likeness (QED) is 0.673. The number of esters is 1. The minimum Gasteiger partial charge on any atom is -0.464 e. The van der Waals surface area contributed by atoms with Crippen LogP contribution >= 0.6 is 0 Å². The second-order valence-corrected chi connectivity index (χ2v) is 5.70. The molecule has 0 spiro atoms. The van der Waals surface area contributed by atoms with Gasteiger partial charge in [0.15, 0.2) is 0 Å². The topological polar surface area (TPSA) is 61.2 Å². The van der Waals surface area contributed by atoms with Gasteiger partial charge in [-0.05, 0) is 41.3 Å². The lowest BCUT2D eigenvalue weighted by atomic mass is 10.0. The van der Waals surface area contributed by atoms with E-state index in [9.17, 15) is 9.59 Å². The monoisotopic (exact) mass is 334 g/mol. The predicted octanol–water partition coefficient (Wildman–Crippen LogP) is 2.67. The minimum atomic E-state index is -0.439. The predicted molar refractivity (Wildman–Crippen MR) is 94.6 cm³/mol. The van der Waals surface area contributed by atoms with Crippen molar-refractivity contribution < 1.29 is 9.53 Å². The SMILES string of the molecule is COC(=O)c1cc(Cc2ccc(Cn3ccccc3=O)cc2)ccn1. The molecule has 0 aliphatic rings. The summed E-state index contributed by atoms with van der Waals surface area (Å²) in [5, 5.41) is 0. The molecule has 0 aliphatic carbocycles. The van der Waals surface area contributed by atoms with Crippen LogP contribution in [0.1, 0.15) is 27.2 Å². The molecule has 0 amide bonds. The molecule has 0 bridgehead atoms. The van der Waals surface area contributed by atoms with Crippen LogP contribution in [0.25, 0.3) is 0 Å². The zero-order valence-electron chi connectivity index (χ0n) is 13.9. The fraction of sp³-hybridized carbons (Fsp3) is 0.150. The molecule has 3 aromatic rings. The first-order valence-electron chi connectivity index (χ1n) is 7.92. The highest BCUT2D eigenvalue weighted by atomic mass is 16.5. The van der Waals surface area contributed by atoms with Crippen molar-refractivity contribution in [3.8, 4) is 0 Å². The zero-order chi connectivity index (χ0) is 17.6. The molecule has 2 heterocycles. The summed E-state index contributed by atoms with van der Waals surface area (Å²) in [5.41, 5.74) is 3.45. The number of rotatable bonds is 5. The molecule has 5 nitrogen and oxygen atoms in total. The van der Waals surface area contributed by atoms with Gasteiger partial charge in [0.25, 0.3) is 5.56 Å². The van der Waals surface area contributed by atoms with Crippen molar-refractivity contribution in [3.05, 3.63) is 99.7 Å². The van der Waals surface area contributed by atoms with Crippen molar-refractivity contribution in [2.45, 2.75) is 13.0 Å². The maximum absolute atomic E-state index is 11.8. The van der Waals surface area contributed by atoms with Gasteiger partial charge in [0.05, 0.1) is 13.7 Å². The van der Waals surface area contributed by atoms with E-state index < -0.39 is 5.97 Å². The van der Waals surface area contributed by atoms with Crippen LogP contribution < -0.4 is 5.56 Å². The number of carbonyl (C=O) groups excluding carboxylic acids is 1. The van der Waals surface area contributed by atoms with Gasteiger partial charge in [-0.3, -0.25) is 4.79 Å². The van der Waals surface area contributed by atoms with E-state index in [-0.39, 0.29) is 5.56 Å². The molecular formula is C20H18N2O3. The van der Waals surface area contributed by atoms with E-state index in [1.807, 2.05) is 36.4 Å². The first-order chi connectivity index (χ1) is 12.2. The number of benzene rings is 1. The van der Waals surface area contributed by atoms with Gasteiger partial charge in [0.1, 0.15) is 5.69 Å². The minimum absolute atomic E-state index is 0.0151. The first kappa shape index (κ1) is 16.6. The Labute approximate surface area is 145 Å². The third-order valence-corrected chi connectivity index (χ3v) is 3.90. The number of hydrogen-bond donors (Lipinski definition) is 0. The van der Waals surface area contributed by atoms with Crippen LogP contribution in [0.2, 0.25) is 0 Å². The standard InChI is InChI=1S/C20H18N2O3/c1-25-20(24)18-13-17(9-10-21-18)12-15-5-7-16(8-6-15)14-22-11-3-2-4-19(22)23/h2-11,13H,12,14H2,1H3. The summed E-state index contributed by atoms with van der Waals surface area (Å²) in [4.78, 5) is 27.3. The second kappa shape index (κ2) is 7.57. The summed E-state index contributed by atoms with van der Waals surface area (Å²) in [5.74, 6) is -0.439. The smallest absolute Gasteiger partial charge is 0.356 e. The Morgan fingerprint density at radius 2 is 1.80 bits per heavy atom. The van der Waals surface area contributed by atoms with Crippen LogP contribution in [0.4, 0.5) is 0 Å². The molecule has 0 saturated heterocycles. The number of ether oxygens (including phenoxy) is 1. The molecule has 0 saturated carbocycles. The molecule has 0 aliphatic heterocycles. The molecule has 1 aromatic carbocycles. The second-order valence-electron chi connectivity index (χ2n) is 5.70. The van der Waals surface area contributed by atoms with Crippen molar-refractivity contribution in [1.82, 2.24) is 9.55 Å². The lowest BCUT2D eigenvalue weighted by molar-refractivity contribution is 0.0594. The summed E-state index contributed by atoms with van der Waals surface area (Å²) >= 11 is 0. The van der Waals surface area contributed by atoms with Crippen LogP contribution in [0.3, 0.4) is 0 Å². The molecule has 5 heteroatoms. The Balaban J connectivity index is 1.72. The Kier molecular flexibility index (Phi) is 5.04. The normalized spacial score (nSPS) is 10.4. The van der Waals surface area contributed by atoms with E-state index >= 15 is 0 Å². The average Bonchev–Trinajstić information content (AvgIpc) is 2.65. The van der Waals surface area contributed by atoms with Gasteiger partial charge in [-0.15, -0.1) is 0 Å². The largest absolute Gasteiger partial charge is 0.464 e. The van der Waals surface area contributed by atoms with Crippen molar-refractivity contribution in [3.63, 3.8) is 0 Å². The summed E-state index contributed by atoms with van der Waals surface area (Å²) in [6.45, 7) is 0.543. The molecule has 126 valence electrons. The van der Waals surface area contributed by atoms with Crippen LogP contribution in [0.15, 0.2) is 71.8 Å². The number of methoxy groups -OCH3 is 1. The highest BCUT2D eigenvalue weighted by Gasteiger charge is 2.08. The maximum atomic E-state index is 11.8. The van der Waals surface area contributed by atoms with Crippen molar-refractivity contribution >= 4 is 5.97 Å². The lowest BCUT2D eigenvalue weighted by Gasteiger charge is -2.07. The molecule has 0 N–H and O–H groups in total. The Morgan fingerprint density at radius 1 is 1.04 bits per heavy atom. The van der Waals surface area contributed by atoms with E-state index in [2.05, 4.69) is 4.98 Å². The van der Waals surface area contributed by atoms with Gasteiger partial charge in [0, 0.05) is 18.5 Å². The van der Waals surface area contributed by atoms with Crippen LogP contribution in [-0.2, 0) is 17.7 Å². The fourth-order valence-electron chi connectivity index (χ4n) is 2.59. The summed E-state index contributed by atoms with van der Waals surface area (Å²) in [6, 6.07) is 16.8. The van der Waals surface area contributed by atoms with Gasteiger partial charge in [-0.2, -0.15) is 0 Å². The van der Waals surface area contributed by atoms with E-state index in [1.54, 1.807) is 35.2 Å². The molecular weight excluding hydrogens is 316 g/mol. The van der Waals surface area contributed by atoms with Crippen molar-refractivity contribution in [2.24, 2.45) is 0 Å². The van der Waals surface area contributed by atoms with E-state index in [0.29, 0.717) is 18.7 Å². The summed E-state index contributed by atoms with van der Waals surface area (Å²) in [6.07, 6.45) is 4.08. The number of hydrogen-bond acceptors (Lipinski definition) is 4. The van der Waals surface area contributed by atoms with E-state index in [1.165, 1.54) is 7.11 Å². The zero-order valence-corrected chi connectivity index (χ0v) is 13.9. The Bertz CT molecular complexity index is 930. The van der Waals surface area contributed by atoms with Crippen molar-refractivity contribution in [1.29, 1.82) is 0 Å². The number of pyridine rings is 2. The maximum Gasteiger partial charge on any atom is 0.356 e. The summed E-state index contributed by atoms with van der Waals surface area (Å²) < 4.78 is 6.36. The molecule has 2 aromatic heterocycles. The number of aromatic nitrogens is 2. The molecule has 0 atom stereocenters. The van der Waals surface area contributed by atoms with Gasteiger partial charge in [-0.1, -0.05) is 30.3 Å². The lowest BCUT2D eigenvalue weighted by Crippen LogP contribution is -2.18. The third kappa shape index (κ3) is 4.20. The first-order valence-corrected chi connectivity index (χ1v) is 7.92. The fourth-order valence-corrected chi connectivity index (χ4v) is 2.59. The molecule has 0 radical (unpaired) electrons. The van der Waals surface area contributed by atoms with Gasteiger partial charge < -0.3 is 9.30 Å². The van der Waals surface area contributed by atoms with Crippen LogP contribution in [-0.4, -0.2) is 22.6 Å².